The number of nitrogens with one attached hydrogen (secondary N) is 2. The van der Waals surface area contributed by atoms with Crippen LogP contribution in [0.4, 0.5) is 0 Å². The lowest BCUT2D eigenvalue weighted by Gasteiger charge is -2.17. The largest absolute Gasteiger partial charge is 0.466 e. The molecule has 4 aromatic rings. The van der Waals surface area contributed by atoms with Crippen molar-refractivity contribution in [3.05, 3.63) is 87.5 Å². The zero-order valence-corrected chi connectivity index (χ0v) is 22.7. The molecule has 2 N–H and O–H groups in total. The maximum atomic E-state index is 12.8. The second-order valence-corrected chi connectivity index (χ2v) is 9.17. The van der Waals surface area contributed by atoms with Crippen molar-refractivity contribution >= 4 is 51.7 Å². The Balaban J connectivity index is 1.48. The SMILES string of the molecule is CCOC(=O)CC[C@H](NC(=O)c1ccc(/C=C/c2ccc3ccc4nc(C)[nH]c(=O)c4c3c2)cc1)C(=O)OCC. The monoisotopic (exact) mass is 541 g/mol. The summed E-state index contributed by atoms with van der Waals surface area (Å²) >= 11 is 0. The van der Waals surface area contributed by atoms with Crippen molar-refractivity contribution < 1.29 is 23.9 Å². The van der Waals surface area contributed by atoms with E-state index in [1.807, 2.05) is 42.5 Å². The highest BCUT2D eigenvalue weighted by molar-refractivity contribution is 6.06. The van der Waals surface area contributed by atoms with Crippen LogP contribution in [0, 0.1) is 6.92 Å². The molecule has 0 fully saturated rings. The summed E-state index contributed by atoms with van der Waals surface area (Å²) in [5, 5.41) is 4.98. The second kappa shape index (κ2) is 12.8. The lowest BCUT2D eigenvalue weighted by Crippen LogP contribution is -2.42. The number of H-pyrrole nitrogens is 1. The van der Waals surface area contributed by atoms with Crippen LogP contribution in [0.15, 0.2) is 59.4 Å². The first kappa shape index (κ1) is 28.2. The molecule has 0 spiro atoms. The first-order valence-corrected chi connectivity index (χ1v) is 13.1. The molecule has 206 valence electrons. The minimum absolute atomic E-state index is 0.0174. The third-order valence-electron chi connectivity index (χ3n) is 6.29. The zero-order chi connectivity index (χ0) is 28.6. The fraction of sp³-hybridized carbons (Fsp3) is 0.258. The summed E-state index contributed by atoms with van der Waals surface area (Å²) in [5.74, 6) is -0.929. The van der Waals surface area contributed by atoms with E-state index in [2.05, 4.69) is 15.3 Å². The van der Waals surface area contributed by atoms with Crippen molar-refractivity contribution in [1.29, 1.82) is 0 Å². The molecular weight excluding hydrogens is 510 g/mol. The number of ether oxygens (including phenoxy) is 2. The van der Waals surface area contributed by atoms with Gasteiger partial charge in [-0.3, -0.25) is 14.4 Å². The molecule has 0 aliphatic carbocycles. The lowest BCUT2D eigenvalue weighted by atomic mass is 10.0. The Hall–Kier alpha value is -4.79. The van der Waals surface area contributed by atoms with Gasteiger partial charge in [-0.05, 0) is 73.4 Å². The van der Waals surface area contributed by atoms with Crippen LogP contribution in [0.3, 0.4) is 0 Å². The van der Waals surface area contributed by atoms with Gasteiger partial charge in [-0.2, -0.15) is 0 Å². The van der Waals surface area contributed by atoms with Crippen LogP contribution in [0.1, 0.15) is 54.0 Å². The van der Waals surface area contributed by atoms with E-state index >= 15 is 0 Å². The number of aromatic amines is 1. The van der Waals surface area contributed by atoms with Gasteiger partial charge in [-0.15, -0.1) is 0 Å². The number of amides is 1. The molecule has 40 heavy (non-hydrogen) atoms. The van der Waals surface area contributed by atoms with Gasteiger partial charge in [0.15, 0.2) is 0 Å². The molecule has 1 heterocycles. The van der Waals surface area contributed by atoms with E-state index in [9.17, 15) is 19.2 Å². The van der Waals surface area contributed by atoms with E-state index in [4.69, 9.17) is 9.47 Å². The van der Waals surface area contributed by atoms with Gasteiger partial charge in [0.05, 0.1) is 24.1 Å². The van der Waals surface area contributed by atoms with Crippen LogP contribution in [-0.2, 0) is 19.1 Å². The predicted octanol–water partition coefficient (Wildman–Crippen LogP) is 4.56. The summed E-state index contributed by atoms with van der Waals surface area (Å²) in [6.45, 7) is 5.53. The summed E-state index contributed by atoms with van der Waals surface area (Å²) in [7, 11) is 0. The number of benzene rings is 3. The van der Waals surface area contributed by atoms with E-state index in [0.717, 1.165) is 21.9 Å². The predicted molar refractivity (Wildman–Crippen MR) is 154 cm³/mol. The molecule has 9 nitrogen and oxygen atoms in total. The molecule has 1 atom stereocenters. The molecule has 0 aliphatic rings. The van der Waals surface area contributed by atoms with E-state index < -0.39 is 23.9 Å². The fourth-order valence-corrected chi connectivity index (χ4v) is 4.36. The van der Waals surface area contributed by atoms with Crippen molar-refractivity contribution in [1.82, 2.24) is 15.3 Å². The number of carbonyl (C=O) groups is 3. The maximum absolute atomic E-state index is 12.8. The van der Waals surface area contributed by atoms with Crippen LogP contribution in [-0.4, -0.2) is 47.1 Å². The fourth-order valence-electron chi connectivity index (χ4n) is 4.36. The maximum Gasteiger partial charge on any atom is 0.328 e. The topological polar surface area (TPSA) is 127 Å². The molecule has 9 heteroatoms. The summed E-state index contributed by atoms with van der Waals surface area (Å²) in [5.41, 5.74) is 2.60. The highest BCUT2D eigenvalue weighted by Crippen LogP contribution is 2.24. The van der Waals surface area contributed by atoms with Crippen LogP contribution in [0.25, 0.3) is 33.8 Å². The van der Waals surface area contributed by atoms with Crippen LogP contribution in [0.5, 0.6) is 0 Å². The average molecular weight is 542 g/mol. The van der Waals surface area contributed by atoms with Gasteiger partial charge >= 0.3 is 11.9 Å². The Bertz CT molecular complexity index is 1640. The van der Waals surface area contributed by atoms with Gasteiger partial charge in [0.25, 0.3) is 11.5 Å². The van der Waals surface area contributed by atoms with Gasteiger partial charge in [0.1, 0.15) is 11.9 Å². The van der Waals surface area contributed by atoms with Crippen molar-refractivity contribution in [2.24, 2.45) is 0 Å². The lowest BCUT2D eigenvalue weighted by molar-refractivity contribution is -0.146. The summed E-state index contributed by atoms with van der Waals surface area (Å²) in [4.78, 5) is 56.7. The minimum Gasteiger partial charge on any atom is -0.466 e. The molecule has 0 radical (unpaired) electrons. The van der Waals surface area contributed by atoms with Crippen molar-refractivity contribution in [2.45, 2.75) is 39.7 Å². The molecular formula is C31H31N3O6. The molecule has 0 unspecified atom stereocenters. The number of carbonyl (C=O) groups excluding carboxylic acids is 3. The van der Waals surface area contributed by atoms with E-state index in [-0.39, 0.29) is 31.6 Å². The van der Waals surface area contributed by atoms with E-state index in [1.165, 1.54) is 0 Å². The normalized spacial score (nSPS) is 12.0. The zero-order valence-electron chi connectivity index (χ0n) is 22.7. The van der Waals surface area contributed by atoms with Gasteiger partial charge < -0.3 is 19.8 Å². The van der Waals surface area contributed by atoms with Crippen LogP contribution in [0.2, 0.25) is 0 Å². The molecule has 0 saturated carbocycles. The number of hydrogen-bond donors (Lipinski definition) is 2. The van der Waals surface area contributed by atoms with Crippen molar-refractivity contribution in [3.63, 3.8) is 0 Å². The van der Waals surface area contributed by atoms with E-state index in [0.29, 0.717) is 22.3 Å². The number of esters is 2. The number of fused-ring (bicyclic) bond motifs is 3. The Morgan fingerprint density at radius 3 is 2.35 bits per heavy atom. The Kier molecular flexibility index (Phi) is 9.06. The highest BCUT2D eigenvalue weighted by Gasteiger charge is 2.24. The number of nitrogens with zero attached hydrogens (tertiary/aromatic N) is 1. The number of aryl methyl sites for hydroxylation is 1. The standard InChI is InChI=1S/C31H31N3O6/c1-4-39-27(35)17-16-26(31(38)40-5-2)34-29(36)23-12-8-20(9-13-23)6-7-21-10-11-22-14-15-25-28(24(22)18-21)30(37)33-19(3)32-25/h6-15,18,26H,4-5,16-17H2,1-3H3,(H,34,36)(H,32,33,37)/b7-6+/t26-/m0/s1. The summed E-state index contributed by atoms with van der Waals surface area (Å²) in [6, 6.07) is 15.6. The molecule has 0 saturated heterocycles. The Morgan fingerprint density at radius 1 is 0.950 bits per heavy atom. The number of rotatable bonds is 10. The van der Waals surface area contributed by atoms with Gasteiger partial charge in [0, 0.05) is 12.0 Å². The third kappa shape index (κ3) is 6.79. The smallest absolute Gasteiger partial charge is 0.328 e. The van der Waals surface area contributed by atoms with Gasteiger partial charge in [-0.1, -0.05) is 42.5 Å². The third-order valence-corrected chi connectivity index (χ3v) is 6.29. The van der Waals surface area contributed by atoms with Crippen LogP contribution < -0.4 is 10.9 Å². The first-order valence-electron chi connectivity index (χ1n) is 13.1. The van der Waals surface area contributed by atoms with Crippen molar-refractivity contribution in [2.75, 3.05) is 13.2 Å². The van der Waals surface area contributed by atoms with Gasteiger partial charge in [-0.25, -0.2) is 9.78 Å². The van der Waals surface area contributed by atoms with Crippen molar-refractivity contribution in [3.8, 4) is 0 Å². The Labute approximate surface area is 231 Å². The van der Waals surface area contributed by atoms with Gasteiger partial charge in [0.2, 0.25) is 0 Å². The second-order valence-electron chi connectivity index (χ2n) is 9.17. The first-order chi connectivity index (χ1) is 19.3. The quantitative estimate of drug-likeness (QED) is 0.171. The molecule has 0 bridgehead atoms. The summed E-state index contributed by atoms with van der Waals surface area (Å²) < 4.78 is 9.96. The molecule has 1 amide bonds. The molecule has 1 aromatic heterocycles. The number of aromatic nitrogens is 2. The Morgan fingerprint density at radius 2 is 1.62 bits per heavy atom. The summed E-state index contributed by atoms with van der Waals surface area (Å²) in [6.07, 6.45) is 3.89. The molecule has 4 rings (SSSR count). The molecule has 3 aromatic carbocycles. The highest BCUT2D eigenvalue weighted by atomic mass is 16.5. The average Bonchev–Trinajstić information content (AvgIpc) is 2.94. The number of hydrogen-bond acceptors (Lipinski definition) is 7. The minimum atomic E-state index is -0.966. The van der Waals surface area contributed by atoms with E-state index in [1.54, 1.807) is 45.0 Å². The molecule has 0 aliphatic heterocycles. The van der Waals surface area contributed by atoms with Crippen LogP contribution >= 0.6 is 0 Å².